The van der Waals surface area contributed by atoms with E-state index in [1.807, 2.05) is 0 Å². The summed E-state index contributed by atoms with van der Waals surface area (Å²) in [6.07, 6.45) is 4.28. The molecule has 1 saturated heterocycles. The molecule has 3 rings (SSSR count). The number of hydrogen-bond acceptors (Lipinski definition) is 4. The predicted molar refractivity (Wildman–Crippen MR) is 121 cm³/mol. The Morgan fingerprint density at radius 1 is 1.21 bits per heavy atom. The lowest BCUT2D eigenvalue weighted by molar-refractivity contribution is 0.0371. The van der Waals surface area contributed by atoms with Crippen LogP contribution < -0.4 is 0 Å². The SMILES string of the molecule is C=C1C=CSN(CCN2CCOCC2)C(C)=C1Cc1cccc(C(C)CC)c1. The van der Waals surface area contributed by atoms with E-state index in [2.05, 4.69) is 72.3 Å². The van der Waals surface area contributed by atoms with E-state index in [-0.39, 0.29) is 0 Å². The van der Waals surface area contributed by atoms with Gasteiger partial charge in [-0.1, -0.05) is 44.7 Å². The lowest BCUT2D eigenvalue weighted by Crippen LogP contribution is -2.40. The number of hydrogen-bond donors (Lipinski definition) is 0. The van der Waals surface area contributed by atoms with E-state index in [1.54, 1.807) is 11.9 Å². The molecule has 1 unspecified atom stereocenters. The van der Waals surface area contributed by atoms with Gasteiger partial charge in [-0.2, -0.15) is 0 Å². The highest BCUT2D eigenvalue weighted by atomic mass is 32.2. The maximum absolute atomic E-state index is 5.47. The number of nitrogens with zero attached hydrogens (tertiary/aromatic N) is 2. The molecule has 4 heteroatoms. The normalized spacial score (nSPS) is 19.8. The summed E-state index contributed by atoms with van der Waals surface area (Å²) in [6.45, 7) is 17.0. The second kappa shape index (κ2) is 10.3. The molecule has 0 N–H and O–H groups in total. The summed E-state index contributed by atoms with van der Waals surface area (Å²) in [5.41, 5.74) is 6.63. The van der Waals surface area contributed by atoms with Gasteiger partial charge in [0, 0.05) is 31.9 Å². The second-order valence-electron chi connectivity index (χ2n) is 7.78. The van der Waals surface area contributed by atoms with Crippen molar-refractivity contribution in [2.45, 2.75) is 39.5 Å². The molecule has 0 aliphatic carbocycles. The van der Waals surface area contributed by atoms with Crippen LogP contribution in [0.2, 0.25) is 0 Å². The minimum absolute atomic E-state index is 0.604. The van der Waals surface area contributed by atoms with Crippen LogP contribution in [0.5, 0.6) is 0 Å². The fourth-order valence-corrected chi connectivity index (χ4v) is 4.54. The Bertz CT molecular complexity index is 734. The van der Waals surface area contributed by atoms with Crippen molar-refractivity contribution in [1.82, 2.24) is 9.21 Å². The standard InChI is InChI=1S/C24H34N2OS/c1-5-19(2)23-8-6-7-22(17-23)18-24-20(3)9-16-28-26(21(24)4)11-10-25-12-14-27-15-13-25/h6-9,16-17,19H,3,5,10-15,18H2,1-2,4H3. The van der Waals surface area contributed by atoms with Gasteiger partial charge in [-0.25, -0.2) is 0 Å². The molecular weight excluding hydrogens is 364 g/mol. The maximum Gasteiger partial charge on any atom is 0.0594 e. The number of ether oxygens (including phenoxy) is 1. The van der Waals surface area contributed by atoms with Crippen molar-refractivity contribution in [3.63, 3.8) is 0 Å². The molecule has 2 aliphatic heterocycles. The predicted octanol–water partition coefficient (Wildman–Crippen LogP) is 5.38. The van der Waals surface area contributed by atoms with Crippen molar-refractivity contribution in [2.75, 3.05) is 39.4 Å². The topological polar surface area (TPSA) is 15.7 Å². The van der Waals surface area contributed by atoms with Gasteiger partial charge < -0.3 is 9.04 Å². The van der Waals surface area contributed by atoms with E-state index in [0.717, 1.165) is 51.4 Å². The van der Waals surface area contributed by atoms with E-state index in [4.69, 9.17) is 4.74 Å². The smallest absolute Gasteiger partial charge is 0.0594 e. The third-order valence-electron chi connectivity index (χ3n) is 5.89. The van der Waals surface area contributed by atoms with Crippen LogP contribution in [0, 0.1) is 0 Å². The molecule has 2 heterocycles. The van der Waals surface area contributed by atoms with Gasteiger partial charge >= 0.3 is 0 Å². The van der Waals surface area contributed by atoms with E-state index < -0.39 is 0 Å². The zero-order valence-electron chi connectivity index (χ0n) is 17.6. The van der Waals surface area contributed by atoms with Crippen molar-refractivity contribution in [3.05, 3.63) is 70.3 Å². The number of allylic oxidation sites excluding steroid dienone is 4. The van der Waals surface area contributed by atoms with Gasteiger partial charge in [0.25, 0.3) is 0 Å². The third kappa shape index (κ3) is 5.53. The Kier molecular flexibility index (Phi) is 7.83. The molecule has 3 nitrogen and oxygen atoms in total. The van der Waals surface area contributed by atoms with E-state index in [9.17, 15) is 0 Å². The largest absolute Gasteiger partial charge is 0.379 e. The minimum Gasteiger partial charge on any atom is -0.379 e. The summed E-state index contributed by atoms with van der Waals surface area (Å²) in [4.78, 5) is 2.50. The van der Waals surface area contributed by atoms with Gasteiger partial charge in [-0.15, -0.1) is 0 Å². The first-order chi connectivity index (χ1) is 13.6. The van der Waals surface area contributed by atoms with Crippen LogP contribution in [0.15, 0.2) is 59.2 Å². The summed E-state index contributed by atoms with van der Waals surface area (Å²) in [5, 5.41) is 2.17. The highest BCUT2D eigenvalue weighted by Gasteiger charge is 2.18. The first-order valence-corrected chi connectivity index (χ1v) is 11.3. The van der Waals surface area contributed by atoms with Crippen LogP contribution in [0.4, 0.5) is 0 Å². The Morgan fingerprint density at radius 3 is 2.75 bits per heavy atom. The molecule has 0 aromatic heterocycles. The summed E-state index contributed by atoms with van der Waals surface area (Å²) in [7, 11) is 0. The van der Waals surface area contributed by atoms with E-state index in [1.165, 1.54) is 28.8 Å². The van der Waals surface area contributed by atoms with Gasteiger partial charge in [0.05, 0.1) is 13.2 Å². The van der Waals surface area contributed by atoms with Crippen LogP contribution in [-0.2, 0) is 11.2 Å². The van der Waals surface area contributed by atoms with Crippen LogP contribution in [0.25, 0.3) is 0 Å². The minimum atomic E-state index is 0.604. The Balaban J connectivity index is 1.74. The number of rotatable bonds is 7. The lowest BCUT2D eigenvalue weighted by atomic mass is 9.92. The molecule has 0 saturated carbocycles. The third-order valence-corrected chi connectivity index (χ3v) is 6.86. The molecule has 152 valence electrons. The van der Waals surface area contributed by atoms with E-state index in [0.29, 0.717) is 5.92 Å². The molecule has 0 radical (unpaired) electrons. The zero-order chi connectivity index (χ0) is 19.9. The van der Waals surface area contributed by atoms with Gasteiger partial charge in [-0.3, -0.25) is 4.90 Å². The highest BCUT2D eigenvalue weighted by Crippen LogP contribution is 2.31. The fourth-order valence-electron chi connectivity index (χ4n) is 3.72. The Morgan fingerprint density at radius 2 is 2.00 bits per heavy atom. The molecular formula is C24H34N2OS. The van der Waals surface area contributed by atoms with E-state index >= 15 is 0 Å². The summed E-state index contributed by atoms with van der Waals surface area (Å²) >= 11 is 1.79. The molecule has 0 bridgehead atoms. The van der Waals surface area contributed by atoms with Gasteiger partial charge in [0.1, 0.15) is 0 Å². The molecule has 0 spiro atoms. The average molecular weight is 399 g/mol. The molecule has 0 amide bonds. The Labute approximate surface area is 175 Å². The monoisotopic (exact) mass is 398 g/mol. The molecule has 1 aromatic carbocycles. The van der Waals surface area contributed by atoms with Gasteiger partial charge in [-0.05, 0) is 71.4 Å². The van der Waals surface area contributed by atoms with Crippen molar-refractivity contribution in [2.24, 2.45) is 0 Å². The lowest BCUT2D eigenvalue weighted by Gasteiger charge is -2.30. The summed E-state index contributed by atoms with van der Waals surface area (Å²) < 4.78 is 7.90. The molecule has 1 aromatic rings. The Hall–Kier alpha value is -1.49. The maximum atomic E-state index is 5.47. The molecule has 2 aliphatic rings. The van der Waals surface area contributed by atoms with Crippen molar-refractivity contribution < 1.29 is 4.74 Å². The van der Waals surface area contributed by atoms with Crippen molar-refractivity contribution in [1.29, 1.82) is 0 Å². The van der Waals surface area contributed by atoms with Crippen LogP contribution in [0.1, 0.15) is 44.2 Å². The number of morpholine rings is 1. The highest BCUT2D eigenvalue weighted by molar-refractivity contribution is 8.00. The summed E-state index contributed by atoms with van der Waals surface area (Å²) in [5.74, 6) is 0.604. The quantitative estimate of drug-likeness (QED) is 0.573. The van der Waals surface area contributed by atoms with Crippen LogP contribution in [0.3, 0.4) is 0 Å². The molecule has 28 heavy (non-hydrogen) atoms. The first kappa shape index (κ1) is 21.2. The fraction of sp³-hybridized carbons (Fsp3) is 0.500. The van der Waals surface area contributed by atoms with Crippen molar-refractivity contribution >= 4 is 11.9 Å². The van der Waals surface area contributed by atoms with Crippen LogP contribution >= 0.6 is 11.9 Å². The van der Waals surface area contributed by atoms with Crippen molar-refractivity contribution in [3.8, 4) is 0 Å². The molecule has 1 fully saturated rings. The van der Waals surface area contributed by atoms with Crippen LogP contribution in [-0.4, -0.2) is 48.6 Å². The molecule has 1 atom stereocenters. The first-order valence-electron chi connectivity index (χ1n) is 10.5. The van der Waals surface area contributed by atoms with Gasteiger partial charge in [0.2, 0.25) is 0 Å². The second-order valence-corrected chi connectivity index (χ2v) is 8.71. The average Bonchev–Trinajstić information content (AvgIpc) is 2.86. The number of benzene rings is 1. The van der Waals surface area contributed by atoms with Gasteiger partial charge in [0.15, 0.2) is 0 Å². The zero-order valence-corrected chi connectivity index (χ0v) is 18.4. The summed E-state index contributed by atoms with van der Waals surface area (Å²) in [6, 6.07) is 9.08.